The molecule has 4 rings (SSSR count). The lowest BCUT2D eigenvalue weighted by Gasteiger charge is -2.31. The number of methoxy groups -OCH3 is 1. The van der Waals surface area contributed by atoms with E-state index >= 15 is 0 Å². The Morgan fingerprint density at radius 3 is 2.62 bits per heavy atom. The van der Waals surface area contributed by atoms with Crippen LogP contribution in [0.15, 0.2) is 75.6 Å². The number of phenols is 1. The number of nitrogens with zero attached hydrogens (tertiary/aromatic N) is 2. The van der Waals surface area contributed by atoms with Crippen molar-refractivity contribution >= 4 is 41.0 Å². The van der Waals surface area contributed by atoms with E-state index in [2.05, 4.69) is 10.5 Å². The minimum absolute atomic E-state index is 0.0221. The lowest BCUT2D eigenvalue weighted by Crippen LogP contribution is -2.35. The van der Waals surface area contributed by atoms with E-state index in [0.717, 1.165) is 15.5 Å². The van der Waals surface area contributed by atoms with E-state index in [1.54, 1.807) is 40.9 Å². The van der Waals surface area contributed by atoms with Gasteiger partial charge in [0.1, 0.15) is 18.0 Å². The number of aromatic hydroxyl groups is 1. The van der Waals surface area contributed by atoms with Crippen LogP contribution in [0.2, 0.25) is 0 Å². The van der Waals surface area contributed by atoms with Gasteiger partial charge >= 0.3 is 0 Å². The summed E-state index contributed by atoms with van der Waals surface area (Å²) in [6, 6.07) is 17.9. The Kier molecular flexibility index (Phi) is 6.13. The molecule has 3 aromatic carbocycles. The molecule has 0 radical (unpaired) electrons. The van der Waals surface area contributed by atoms with Crippen molar-refractivity contribution in [1.82, 2.24) is 5.43 Å². The molecule has 1 amide bonds. The monoisotopic (exact) mass is 447 g/mol. The minimum atomic E-state index is -0.226. The van der Waals surface area contributed by atoms with Crippen molar-refractivity contribution in [3.8, 4) is 11.5 Å². The number of hydrogen-bond donors (Lipinski definition) is 2. The molecular weight excluding hydrogens is 426 g/mol. The zero-order valence-corrected chi connectivity index (χ0v) is 18.3. The Bertz CT molecular complexity index is 1230. The first-order chi connectivity index (χ1) is 15.5. The molecule has 1 aliphatic heterocycles. The number of rotatable bonds is 6. The Morgan fingerprint density at radius 1 is 1.09 bits per heavy atom. The lowest BCUT2D eigenvalue weighted by molar-refractivity contribution is -0.117. The number of ketones is 1. The number of para-hydroxylation sites is 1. The number of fused-ring (bicyclic) bond motifs is 2. The van der Waals surface area contributed by atoms with E-state index in [0.29, 0.717) is 22.6 Å². The van der Waals surface area contributed by atoms with Crippen molar-refractivity contribution in [1.29, 1.82) is 0 Å². The summed E-state index contributed by atoms with van der Waals surface area (Å²) in [5.74, 6) is 0.267. The molecule has 32 heavy (non-hydrogen) atoms. The van der Waals surface area contributed by atoms with Gasteiger partial charge in [0.2, 0.25) is 0 Å². The van der Waals surface area contributed by atoms with Gasteiger partial charge in [-0.05, 0) is 43.3 Å². The van der Waals surface area contributed by atoms with Gasteiger partial charge in [-0.25, -0.2) is 0 Å². The summed E-state index contributed by atoms with van der Waals surface area (Å²) < 4.78 is 5.06. The van der Waals surface area contributed by atoms with Crippen molar-refractivity contribution in [2.24, 2.45) is 5.10 Å². The fourth-order valence-electron chi connectivity index (χ4n) is 3.31. The van der Waals surface area contributed by atoms with Crippen molar-refractivity contribution in [3.05, 3.63) is 71.8 Å². The number of anilines is 2. The molecule has 0 aromatic heterocycles. The van der Waals surface area contributed by atoms with Crippen molar-refractivity contribution in [3.63, 3.8) is 0 Å². The predicted molar refractivity (Wildman–Crippen MR) is 124 cm³/mol. The summed E-state index contributed by atoms with van der Waals surface area (Å²) in [6.45, 7) is 1.43. The van der Waals surface area contributed by atoms with Crippen LogP contribution in [0, 0.1) is 0 Å². The Balaban J connectivity index is 1.55. The number of ether oxygens (including phenoxy) is 1. The summed E-state index contributed by atoms with van der Waals surface area (Å²) >= 11 is 1.56. The second-order valence-electron chi connectivity index (χ2n) is 7.06. The fourth-order valence-corrected chi connectivity index (χ4v) is 4.35. The molecule has 0 saturated heterocycles. The van der Waals surface area contributed by atoms with Crippen molar-refractivity contribution in [2.45, 2.75) is 16.7 Å². The maximum atomic E-state index is 13.2. The van der Waals surface area contributed by atoms with Gasteiger partial charge in [0.25, 0.3) is 5.91 Å². The third-order valence-electron chi connectivity index (χ3n) is 4.94. The van der Waals surface area contributed by atoms with E-state index < -0.39 is 0 Å². The standard InChI is InChI=1S/C24H21N3O4S/c1-15(28)16-8-10-23-20(11-16)27(19-5-3-4-6-22(19)32-23)24(30)14-26-25-13-17-7-9-18(31-2)12-21(17)29/h3-13,26,29H,14H2,1-2H3. The Morgan fingerprint density at radius 2 is 1.88 bits per heavy atom. The minimum Gasteiger partial charge on any atom is -0.507 e. The maximum Gasteiger partial charge on any atom is 0.252 e. The Hall–Kier alpha value is -3.78. The van der Waals surface area contributed by atoms with Gasteiger partial charge in [0.15, 0.2) is 5.78 Å². The number of nitrogens with one attached hydrogen (secondary N) is 1. The first-order valence-corrected chi connectivity index (χ1v) is 10.7. The molecule has 0 aliphatic carbocycles. The highest BCUT2D eigenvalue weighted by Crippen LogP contribution is 2.48. The number of carbonyl (C=O) groups is 2. The van der Waals surface area contributed by atoms with Gasteiger partial charge in [-0.2, -0.15) is 5.10 Å². The molecule has 8 heteroatoms. The molecule has 0 unspecified atom stereocenters. The van der Waals surface area contributed by atoms with E-state index in [9.17, 15) is 14.7 Å². The smallest absolute Gasteiger partial charge is 0.252 e. The average Bonchev–Trinajstić information content (AvgIpc) is 2.80. The number of hydrazone groups is 1. The number of amides is 1. The summed E-state index contributed by atoms with van der Waals surface area (Å²) in [5.41, 5.74) is 5.21. The van der Waals surface area contributed by atoms with E-state index in [4.69, 9.17) is 4.74 Å². The molecule has 0 bridgehead atoms. The maximum absolute atomic E-state index is 13.2. The summed E-state index contributed by atoms with van der Waals surface area (Å²) in [7, 11) is 1.52. The largest absolute Gasteiger partial charge is 0.507 e. The molecular formula is C24H21N3O4S. The third-order valence-corrected chi connectivity index (χ3v) is 6.07. The molecule has 162 valence electrons. The fraction of sp³-hybridized carbons (Fsp3) is 0.125. The number of hydrogen-bond acceptors (Lipinski definition) is 7. The first kappa shape index (κ1) is 21.5. The van der Waals surface area contributed by atoms with Crippen LogP contribution in [0.5, 0.6) is 11.5 Å². The van der Waals surface area contributed by atoms with Gasteiger partial charge in [-0.1, -0.05) is 30.0 Å². The van der Waals surface area contributed by atoms with Gasteiger partial charge in [0, 0.05) is 27.0 Å². The zero-order chi connectivity index (χ0) is 22.7. The average molecular weight is 448 g/mol. The highest BCUT2D eigenvalue weighted by molar-refractivity contribution is 7.99. The van der Waals surface area contributed by atoms with Gasteiger partial charge in [0.05, 0.1) is 24.7 Å². The number of carbonyl (C=O) groups excluding carboxylic acids is 2. The summed E-state index contributed by atoms with van der Waals surface area (Å²) in [4.78, 5) is 28.6. The topological polar surface area (TPSA) is 91.2 Å². The zero-order valence-electron chi connectivity index (χ0n) is 17.5. The van der Waals surface area contributed by atoms with Crippen molar-refractivity contribution < 1.29 is 19.4 Å². The van der Waals surface area contributed by atoms with Crippen LogP contribution in [0.4, 0.5) is 11.4 Å². The van der Waals surface area contributed by atoms with Crippen LogP contribution < -0.4 is 15.1 Å². The molecule has 0 atom stereocenters. The van der Waals surface area contributed by atoms with Crippen molar-refractivity contribution in [2.75, 3.05) is 18.6 Å². The lowest BCUT2D eigenvalue weighted by atomic mass is 10.1. The molecule has 0 fully saturated rings. The highest BCUT2D eigenvalue weighted by atomic mass is 32.2. The molecule has 0 saturated carbocycles. The van der Waals surface area contributed by atoms with Crippen LogP contribution in [0.1, 0.15) is 22.8 Å². The number of Topliss-reactive ketones (excluding diaryl/α,β-unsaturated/α-hetero) is 1. The van der Waals surface area contributed by atoms with Gasteiger partial charge in [-0.3, -0.25) is 14.5 Å². The summed E-state index contributed by atoms with van der Waals surface area (Å²) in [5, 5.41) is 14.1. The van der Waals surface area contributed by atoms with E-state index in [1.807, 2.05) is 30.3 Å². The quantitative estimate of drug-likeness (QED) is 0.332. The van der Waals surface area contributed by atoms with E-state index in [-0.39, 0.29) is 24.0 Å². The molecule has 7 nitrogen and oxygen atoms in total. The van der Waals surface area contributed by atoms with Crippen LogP contribution in [0.3, 0.4) is 0 Å². The molecule has 1 heterocycles. The third kappa shape index (κ3) is 4.31. The highest BCUT2D eigenvalue weighted by Gasteiger charge is 2.28. The summed E-state index contributed by atoms with van der Waals surface area (Å²) in [6.07, 6.45) is 1.43. The SMILES string of the molecule is COc1ccc(C=NNCC(=O)N2c3ccccc3Sc3ccc(C(C)=O)cc32)c(O)c1. The van der Waals surface area contributed by atoms with Gasteiger partial charge < -0.3 is 15.3 Å². The van der Waals surface area contributed by atoms with Crippen LogP contribution in [0.25, 0.3) is 0 Å². The second kappa shape index (κ2) is 9.15. The molecule has 0 spiro atoms. The van der Waals surface area contributed by atoms with E-state index in [1.165, 1.54) is 26.3 Å². The predicted octanol–water partition coefficient (Wildman–Crippen LogP) is 4.36. The van der Waals surface area contributed by atoms with Crippen LogP contribution >= 0.6 is 11.8 Å². The van der Waals surface area contributed by atoms with Gasteiger partial charge in [-0.15, -0.1) is 0 Å². The first-order valence-electron chi connectivity index (χ1n) is 9.85. The van der Waals surface area contributed by atoms with Crippen LogP contribution in [-0.4, -0.2) is 36.7 Å². The van der Waals surface area contributed by atoms with Crippen LogP contribution in [-0.2, 0) is 4.79 Å². The number of benzene rings is 3. The number of phenolic OH excluding ortho intramolecular Hbond substituents is 1. The molecule has 1 aliphatic rings. The molecule has 3 aromatic rings. The molecule has 2 N–H and O–H groups in total. The Labute approximate surface area is 189 Å². The second-order valence-corrected chi connectivity index (χ2v) is 8.14. The normalized spacial score (nSPS) is 12.2.